The number of nitrogens with one attached hydrogen (secondary N) is 2. The maximum Gasteiger partial charge on any atom is 0.280 e. The van der Waals surface area contributed by atoms with E-state index in [1.807, 2.05) is 13.0 Å². The molecule has 5 rings (SSSR count). The summed E-state index contributed by atoms with van der Waals surface area (Å²) in [6.45, 7) is 2.76. The SMILES string of the molecule is COCCN1CC[C@@H](Nc2nn3ccc(-c4cc(F)c5c(c4)CCC(C)=N5)c3c(=O)[nH]2)C(F)(F)C1. The number of hydrogen-bond acceptors (Lipinski definition) is 6. The Morgan fingerprint density at radius 1 is 1.31 bits per heavy atom. The number of anilines is 1. The van der Waals surface area contributed by atoms with Gasteiger partial charge in [0.15, 0.2) is 0 Å². The summed E-state index contributed by atoms with van der Waals surface area (Å²) >= 11 is 0. The monoisotopic (exact) mass is 488 g/mol. The van der Waals surface area contributed by atoms with Gasteiger partial charge in [-0.1, -0.05) is 0 Å². The average molecular weight is 489 g/mol. The topological polar surface area (TPSA) is 87.0 Å². The van der Waals surface area contributed by atoms with Crippen molar-refractivity contribution < 1.29 is 17.9 Å². The van der Waals surface area contributed by atoms with Gasteiger partial charge in [-0.25, -0.2) is 17.7 Å². The van der Waals surface area contributed by atoms with Gasteiger partial charge in [0.25, 0.3) is 11.5 Å². The highest BCUT2D eigenvalue weighted by Gasteiger charge is 2.44. The Balaban J connectivity index is 1.41. The van der Waals surface area contributed by atoms with Crippen molar-refractivity contribution in [3.63, 3.8) is 0 Å². The molecule has 0 unspecified atom stereocenters. The number of aryl methyl sites for hydroxylation is 1. The maximum atomic E-state index is 14.8. The van der Waals surface area contributed by atoms with Crippen molar-refractivity contribution in [2.75, 3.05) is 38.7 Å². The Bertz CT molecular complexity index is 1350. The molecular weight excluding hydrogens is 461 g/mol. The summed E-state index contributed by atoms with van der Waals surface area (Å²) < 4.78 is 50.6. The molecule has 2 aliphatic heterocycles. The molecule has 1 saturated heterocycles. The second-order valence-corrected chi connectivity index (χ2v) is 9.15. The number of methoxy groups -OCH3 is 1. The van der Waals surface area contributed by atoms with Gasteiger partial charge in [-0.2, -0.15) is 0 Å². The predicted molar refractivity (Wildman–Crippen MR) is 128 cm³/mol. The summed E-state index contributed by atoms with van der Waals surface area (Å²) in [5, 5.41) is 7.01. The molecule has 8 nitrogen and oxygen atoms in total. The highest BCUT2D eigenvalue weighted by molar-refractivity contribution is 5.88. The second kappa shape index (κ2) is 9.12. The van der Waals surface area contributed by atoms with Crippen LogP contribution in [-0.2, 0) is 11.2 Å². The van der Waals surface area contributed by atoms with E-state index in [0.29, 0.717) is 42.9 Å². The van der Waals surface area contributed by atoms with E-state index in [1.165, 1.54) is 17.7 Å². The molecule has 2 aliphatic rings. The number of alkyl halides is 2. The number of nitrogens with zero attached hydrogens (tertiary/aromatic N) is 4. The van der Waals surface area contributed by atoms with Gasteiger partial charge in [-0.3, -0.25) is 19.7 Å². The number of likely N-dealkylation sites (tertiary alicyclic amines) is 1. The van der Waals surface area contributed by atoms with E-state index in [-0.39, 0.29) is 17.9 Å². The first-order valence-corrected chi connectivity index (χ1v) is 11.6. The van der Waals surface area contributed by atoms with Crippen molar-refractivity contribution in [3.05, 3.63) is 46.1 Å². The molecule has 1 aromatic carbocycles. The van der Waals surface area contributed by atoms with E-state index >= 15 is 0 Å². The number of rotatable bonds is 6. The molecule has 35 heavy (non-hydrogen) atoms. The van der Waals surface area contributed by atoms with Crippen LogP contribution >= 0.6 is 0 Å². The van der Waals surface area contributed by atoms with Gasteiger partial charge in [0.1, 0.15) is 17.0 Å². The van der Waals surface area contributed by atoms with Crippen molar-refractivity contribution in [2.24, 2.45) is 4.99 Å². The fourth-order valence-electron chi connectivity index (χ4n) is 4.78. The van der Waals surface area contributed by atoms with Crippen molar-refractivity contribution in [2.45, 2.75) is 38.2 Å². The molecule has 11 heteroatoms. The van der Waals surface area contributed by atoms with Crippen molar-refractivity contribution in [1.29, 1.82) is 0 Å². The molecule has 0 spiro atoms. The third kappa shape index (κ3) is 4.57. The normalized spacial score (nSPS) is 20.0. The lowest BCUT2D eigenvalue weighted by molar-refractivity contribution is -0.0770. The van der Waals surface area contributed by atoms with Crippen LogP contribution in [0.1, 0.15) is 25.3 Å². The van der Waals surface area contributed by atoms with Crippen LogP contribution in [0.4, 0.5) is 24.8 Å². The van der Waals surface area contributed by atoms with E-state index < -0.39 is 29.9 Å². The fraction of sp³-hybridized carbons (Fsp3) is 0.458. The summed E-state index contributed by atoms with van der Waals surface area (Å²) in [5.74, 6) is -3.50. The number of H-pyrrole nitrogens is 1. The number of fused-ring (bicyclic) bond motifs is 2. The molecule has 1 fully saturated rings. The Hall–Kier alpha value is -3.18. The van der Waals surface area contributed by atoms with E-state index in [0.717, 1.165) is 17.7 Å². The minimum absolute atomic E-state index is 0.0406. The number of ether oxygens (including phenoxy) is 1. The number of aliphatic imine (C=N–C) groups is 1. The maximum absolute atomic E-state index is 14.8. The van der Waals surface area contributed by atoms with Gasteiger partial charge < -0.3 is 10.1 Å². The minimum Gasteiger partial charge on any atom is -0.383 e. The second-order valence-electron chi connectivity index (χ2n) is 9.15. The molecule has 2 aromatic heterocycles. The van der Waals surface area contributed by atoms with Crippen LogP contribution in [-0.4, -0.2) is 70.5 Å². The standard InChI is InChI=1S/C24H27F3N6O2/c1-14-3-4-15-11-16(12-18(25)20(15)28-14)17-5-8-33-21(17)22(34)30-23(31-33)29-19-6-7-32(9-10-35-2)13-24(19,26)27/h5,8,11-12,19H,3-4,6-7,9-10,13H2,1-2H3,(H2,29,30,31,34)/t19-/m1/s1. The smallest absolute Gasteiger partial charge is 0.280 e. The van der Waals surface area contributed by atoms with Gasteiger partial charge in [-0.05, 0) is 55.5 Å². The number of piperidine rings is 1. The van der Waals surface area contributed by atoms with Gasteiger partial charge in [0.2, 0.25) is 5.95 Å². The van der Waals surface area contributed by atoms with Gasteiger partial charge in [0.05, 0.1) is 19.2 Å². The molecule has 0 bridgehead atoms. The van der Waals surface area contributed by atoms with E-state index in [1.54, 1.807) is 17.2 Å². The molecule has 0 saturated carbocycles. The first kappa shape index (κ1) is 23.6. The quantitative estimate of drug-likeness (QED) is 0.553. The van der Waals surface area contributed by atoms with Gasteiger partial charge >= 0.3 is 0 Å². The molecule has 0 aliphatic carbocycles. The summed E-state index contributed by atoms with van der Waals surface area (Å²) in [4.78, 5) is 21.5. The molecule has 0 amide bonds. The lowest BCUT2D eigenvalue weighted by Crippen LogP contribution is -2.55. The zero-order valence-corrected chi connectivity index (χ0v) is 19.6. The number of halogens is 3. The lowest BCUT2D eigenvalue weighted by Gasteiger charge is -2.38. The number of aromatic nitrogens is 3. The Morgan fingerprint density at radius 2 is 2.14 bits per heavy atom. The largest absolute Gasteiger partial charge is 0.383 e. The summed E-state index contributed by atoms with van der Waals surface area (Å²) in [5.41, 5.74) is 2.77. The van der Waals surface area contributed by atoms with Crippen LogP contribution in [0.2, 0.25) is 0 Å². The molecule has 3 aromatic rings. The molecule has 186 valence electrons. The number of hydrogen-bond donors (Lipinski definition) is 2. The lowest BCUT2D eigenvalue weighted by atomic mass is 9.97. The fourth-order valence-corrected chi connectivity index (χ4v) is 4.78. The van der Waals surface area contributed by atoms with Crippen molar-refractivity contribution >= 4 is 22.9 Å². The first-order valence-electron chi connectivity index (χ1n) is 11.6. The number of aromatic amines is 1. The van der Waals surface area contributed by atoms with E-state index in [9.17, 15) is 18.0 Å². The summed E-state index contributed by atoms with van der Waals surface area (Å²) in [6, 6.07) is 3.70. The van der Waals surface area contributed by atoms with Crippen LogP contribution in [0.5, 0.6) is 0 Å². The average Bonchev–Trinajstić information content (AvgIpc) is 3.24. The van der Waals surface area contributed by atoms with Crippen LogP contribution in [0.3, 0.4) is 0 Å². The predicted octanol–water partition coefficient (Wildman–Crippen LogP) is 3.64. The van der Waals surface area contributed by atoms with Gasteiger partial charge in [0, 0.05) is 37.7 Å². The van der Waals surface area contributed by atoms with Gasteiger partial charge in [-0.15, -0.1) is 5.10 Å². The Kier molecular flexibility index (Phi) is 6.14. The molecule has 4 heterocycles. The van der Waals surface area contributed by atoms with Crippen LogP contribution < -0.4 is 10.9 Å². The third-order valence-electron chi connectivity index (χ3n) is 6.63. The van der Waals surface area contributed by atoms with Crippen LogP contribution in [0.15, 0.2) is 34.2 Å². The number of benzene rings is 1. The Labute approximate surface area is 199 Å². The Morgan fingerprint density at radius 3 is 2.91 bits per heavy atom. The van der Waals surface area contributed by atoms with E-state index in [4.69, 9.17) is 4.74 Å². The molecule has 0 radical (unpaired) electrons. The summed E-state index contributed by atoms with van der Waals surface area (Å²) in [6.07, 6.45) is 3.17. The molecule has 2 N–H and O–H groups in total. The molecule has 1 atom stereocenters. The first-order chi connectivity index (χ1) is 16.7. The zero-order chi connectivity index (χ0) is 24.7. The van der Waals surface area contributed by atoms with Crippen molar-refractivity contribution in [1.82, 2.24) is 19.5 Å². The molecular formula is C24H27F3N6O2. The van der Waals surface area contributed by atoms with Crippen LogP contribution in [0.25, 0.3) is 16.6 Å². The van der Waals surface area contributed by atoms with Crippen molar-refractivity contribution in [3.8, 4) is 11.1 Å². The summed E-state index contributed by atoms with van der Waals surface area (Å²) in [7, 11) is 1.54. The minimum atomic E-state index is -3.01. The third-order valence-corrected chi connectivity index (χ3v) is 6.63. The van der Waals surface area contributed by atoms with Crippen LogP contribution in [0, 0.1) is 5.82 Å². The van der Waals surface area contributed by atoms with E-state index in [2.05, 4.69) is 20.4 Å². The highest BCUT2D eigenvalue weighted by atomic mass is 19.3. The highest BCUT2D eigenvalue weighted by Crippen LogP contribution is 2.35. The zero-order valence-electron chi connectivity index (χ0n) is 19.6.